The van der Waals surface area contributed by atoms with E-state index >= 15 is 0 Å². The molecule has 3 aromatic carbocycles. The maximum Gasteiger partial charge on any atom is 0.240 e. The summed E-state index contributed by atoms with van der Waals surface area (Å²) in [6.45, 7) is 0.188. The van der Waals surface area contributed by atoms with Crippen LogP contribution in [0, 0.1) is 0 Å². The third-order valence-corrected chi connectivity index (χ3v) is 5.30. The Morgan fingerprint density at radius 2 is 1.52 bits per heavy atom. The molecule has 0 heterocycles. The van der Waals surface area contributed by atoms with Crippen molar-refractivity contribution >= 4 is 44.0 Å². The highest BCUT2D eigenvalue weighted by molar-refractivity contribution is 7.89. The molecular formula is C17H13Cl2NO2S. The first-order chi connectivity index (χ1) is 11.0. The molecular weight excluding hydrogens is 353 g/mol. The Kier molecular flexibility index (Phi) is 4.60. The summed E-state index contributed by atoms with van der Waals surface area (Å²) in [5.74, 6) is 0. The normalized spacial score (nSPS) is 11.7. The van der Waals surface area contributed by atoms with Gasteiger partial charge in [0.1, 0.15) is 0 Å². The Morgan fingerprint density at radius 3 is 2.26 bits per heavy atom. The molecule has 3 rings (SSSR count). The first-order valence-corrected chi connectivity index (χ1v) is 9.12. The lowest BCUT2D eigenvalue weighted by Crippen LogP contribution is -2.23. The van der Waals surface area contributed by atoms with E-state index in [1.54, 1.807) is 0 Å². The Morgan fingerprint density at radius 1 is 0.870 bits per heavy atom. The van der Waals surface area contributed by atoms with E-state index in [9.17, 15) is 8.42 Å². The molecule has 0 radical (unpaired) electrons. The monoisotopic (exact) mass is 365 g/mol. The van der Waals surface area contributed by atoms with Crippen molar-refractivity contribution in [2.45, 2.75) is 11.4 Å². The molecule has 0 atom stereocenters. The minimum Gasteiger partial charge on any atom is -0.207 e. The molecule has 3 aromatic rings. The summed E-state index contributed by atoms with van der Waals surface area (Å²) in [7, 11) is -3.69. The van der Waals surface area contributed by atoms with Crippen molar-refractivity contribution in [1.82, 2.24) is 4.72 Å². The summed E-state index contributed by atoms with van der Waals surface area (Å²) < 4.78 is 27.4. The van der Waals surface area contributed by atoms with Gasteiger partial charge in [-0.2, -0.15) is 0 Å². The van der Waals surface area contributed by atoms with Crippen LogP contribution < -0.4 is 4.72 Å². The fourth-order valence-corrected chi connectivity index (χ4v) is 4.12. The van der Waals surface area contributed by atoms with Gasteiger partial charge >= 0.3 is 0 Å². The first-order valence-electron chi connectivity index (χ1n) is 6.88. The minimum atomic E-state index is -3.69. The Hall–Kier alpha value is -1.59. The average Bonchev–Trinajstić information content (AvgIpc) is 2.52. The van der Waals surface area contributed by atoms with Crippen molar-refractivity contribution in [3.8, 4) is 0 Å². The predicted octanol–water partition coefficient (Wildman–Crippen LogP) is 4.63. The number of halogens is 2. The summed E-state index contributed by atoms with van der Waals surface area (Å²) in [5, 5.41) is 2.64. The van der Waals surface area contributed by atoms with Crippen molar-refractivity contribution in [3.05, 3.63) is 76.3 Å². The van der Waals surface area contributed by atoms with Crippen molar-refractivity contribution in [2.75, 3.05) is 0 Å². The van der Waals surface area contributed by atoms with Crippen LogP contribution in [-0.2, 0) is 16.6 Å². The van der Waals surface area contributed by atoms with Crippen LogP contribution in [0.5, 0.6) is 0 Å². The number of fused-ring (bicyclic) bond motifs is 1. The molecule has 0 amide bonds. The van der Waals surface area contributed by atoms with Crippen LogP contribution in [0.25, 0.3) is 10.8 Å². The molecule has 1 N–H and O–H groups in total. The molecule has 0 saturated carbocycles. The second-order valence-electron chi connectivity index (χ2n) is 5.07. The summed E-state index contributed by atoms with van der Waals surface area (Å²) >= 11 is 11.7. The van der Waals surface area contributed by atoms with Gasteiger partial charge in [0.2, 0.25) is 10.0 Å². The standard InChI is InChI=1S/C17H13Cl2NO2S/c18-14-8-15(19)10-16(9-14)23(21,22)20-11-13-6-3-5-12-4-1-2-7-17(12)13/h1-10,20H,11H2. The van der Waals surface area contributed by atoms with Crippen LogP contribution in [0.2, 0.25) is 10.0 Å². The largest absolute Gasteiger partial charge is 0.240 e. The molecule has 0 aromatic heterocycles. The maximum absolute atomic E-state index is 12.4. The summed E-state index contributed by atoms with van der Waals surface area (Å²) in [6.07, 6.45) is 0. The highest BCUT2D eigenvalue weighted by Crippen LogP contribution is 2.23. The third-order valence-electron chi connectivity index (χ3n) is 3.48. The second-order valence-corrected chi connectivity index (χ2v) is 7.71. The van der Waals surface area contributed by atoms with E-state index in [2.05, 4.69) is 4.72 Å². The zero-order valence-corrected chi connectivity index (χ0v) is 14.3. The van der Waals surface area contributed by atoms with Crippen LogP contribution >= 0.6 is 23.2 Å². The average molecular weight is 366 g/mol. The smallest absolute Gasteiger partial charge is 0.207 e. The van der Waals surface area contributed by atoms with Crippen molar-refractivity contribution in [2.24, 2.45) is 0 Å². The number of benzene rings is 3. The maximum atomic E-state index is 12.4. The minimum absolute atomic E-state index is 0.0511. The second kappa shape index (κ2) is 6.49. The predicted molar refractivity (Wildman–Crippen MR) is 94.4 cm³/mol. The van der Waals surface area contributed by atoms with Crippen molar-refractivity contribution in [3.63, 3.8) is 0 Å². The van der Waals surface area contributed by atoms with Crippen LogP contribution in [0.1, 0.15) is 5.56 Å². The van der Waals surface area contributed by atoms with Gasteiger partial charge in [0.15, 0.2) is 0 Å². The van der Waals surface area contributed by atoms with E-state index in [-0.39, 0.29) is 21.5 Å². The zero-order valence-electron chi connectivity index (χ0n) is 12.0. The number of hydrogen-bond acceptors (Lipinski definition) is 2. The van der Waals surface area contributed by atoms with Gasteiger partial charge in [-0.3, -0.25) is 0 Å². The quantitative estimate of drug-likeness (QED) is 0.732. The van der Waals surface area contributed by atoms with E-state index in [0.29, 0.717) is 0 Å². The van der Waals surface area contributed by atoms with Gasteiger partial charge in [0.25, 0.3) is 0 Å². The fraction of sp³-hybridized carbons (Fsp3) is 0.0588. The van der Waals surface area contributed by atoms with E-state index < -0.39 is 10.0 Å². The topological polar surface area (TPSA) is 46.2 Å². The number of hydrogen-bond donors (Lipinski definition) is 1. The molecule has 3 nitrogen and oxygen atoms in total. The van der Waals surface area contributed by atoms with E-state index in [1.807, 2.05) is 42.5 Å². The van der Waals surface area contributed by atoms with Gasteiger partial charge in [-0.15, -0.1) is 0 Å². The summed E-state index contributed by atoms with van der Waals surface area (Å²) in [6, 6.07) is 17.9. The van der Waals surface area contributed by atoms with Crippen molar-refractivity contribution < 1.29 is 8.42 Å². The Balaban J connectivity index is 1.89. The summed E-state index contributed by atoms with van der Waals surface area (Å²) in [5.41, 5.74) is 0.903. The molecule has 0 aliphatic carbocycles. The Labute approximate surface area is 144 Å². The van der Waals surface area contributed by atoms with Gasteiger partial charge in [0.05, 0.1) is 4.90 Å². The molecule has 0 aliphatic heterocycles. The van der Waals surface area contributed by atoms with Crippen LogP contribution in [0.4, 0.5) is 0 Å². The molecule has 0 bridgehead atoms. The van der Waals surface area contributed by atoms with E-state index in [1.165, 1.54) is 18.2 Å². The molecule has 118 valence electrons. The highest BCUT2D eigenvalue weighted by atomic mass is 35.5. The number of rotatable bonds is 4. The van der Waals surface area contributed by atoms with E-state index in [4.69, 9.17) is 23.2 Å². The van der Waals surface area contributed by atoms with Gasteiger partial charge in [-0.1, -0.05) is 65.7 Å². The molecule has 0 fully saturated rings. The molecule has 0 spiro atoms. The SMILES string of the molecule is O=S(=O)(NCc1cccc2ccccc12)c1cc(Cl)cc(Cl)c1. The van der Waals surface area contributed by atoms with E-state index in [0.717, 1.165) is 16.3 Å². The van der Waals surface area contributed by atoms with Gasteiger partial charge < -0.3 is 0 Å². The molecule has 0 unspecified atom stereocenters. The van der Waals surface area contributed by atoms with Gasteiger partial charge in [-0.05, 0) is 34.5 Å². The lowest BCUT2D eigenvalue weighted by Gasteiger charge is -2.10. The van der Waals surface area contributed by atoms with Crippen LogP contribution in [0.15, 0.2) is 65.6 Å². The van der Waals surface area contributed by atoms with Crippen LogP contribution in [-0.4, -0.2) is 8.42 Å². The zero-order chi connectivity index (χ0) is 16.4. The Bertz CT molecular complexity index is 946. The molecule has 0 saturated heterocycles. The lowest BCUT2D eigenvalue weighted by molar-refractivity contribution is 0.581. The molecule has 6 heteroatoms. The van der Waals surface area contributed by atoms with Gasteiger partial charge in [-0.25, -0.2) is 13.1 Å². The molecule has 0 aliphatic rings. The number of sulfonamides is 1. The fourth-order valence-electron chi connectivity index (χ4n) is 2.39. The highest BCUT2D eigenvalue weighted by Gasteiger charge is 2.15. The van der Waals surface area contributed by atoms with Crippen molar-refractivity contribution in [1.29, 1.82) is 0 Å². The molecule has 23 heavy (non-hydrogen) atoms. The summed E-state index contributed by atoms with van der Waals surface area (Å²) in [4.78, 5) is 0.0511. The lowest BCUT2D eigenvalue weighted by atomic mass is 10.1. The van der Waals surface area contributed by atoms with Crippen LogP contribution in [0.3, 0.4) is 0 Å². The third kappa shape index (κ3) is 3.67. The number of nitrogens with one attached hydrogen (secondary N) is 1. The first kappa shape index (κ1) is 16.3. The van der Waals surface area contributed by atoms with Gasteiger partial charge in [0, 0.05) is 16.6 Å².